The molecular formula is C18H36N2O. The molecule has 1 N–H and O–H groups in total. The molecule has 3 atom stereocenters. The topological polar surface area (TPSA) is 24.5 Å². The summed E-state index contributed by atoms with van der Waals surface area (Å²) in [6, 6.07) is 1.41. The number of nitrogens with zero attached hydrogens (tertiary/aromatic N) is 1. The Kier molecular flexibility index (Phi) is 7.48. The summed E-state index contributed by atoms with van der Waals surface area (Å²) >= 11 is 0. The minimum Gasteiger partial charge on any atom is -0.380 e. The van der Waals surface area contributed by atoms with Crippen LogP contribution in [0.1, 0.15) is 59.3 Å². The van der Waals surface area contributed by atoms with Crippen molar-refractivity contribution in [3.05, 3.63) is 0 Å². The van der Waals surface area contributed by atoms with Crippen LogP contribution in [0.25, 0.3) is 0 Å². The summed E-state index contributed by atoms with van der Waals surface area (Å²) in [5.41, 5.74) is 0. The number of hydrogen-bond donors (Lipinski definition) is 1. The molecule has 2 rings (SSSR count). The second-order valence-electron chi connectivity index (χ2n) is 7.06. The van der Waals surface area contributed by atoms with Crippen LogP contribution in [-0.4, -0.2) is 49.8 Å². The van der Waals surface area contributed by atoms with E-state index in [2.05, 4.69) is 31.0 Å². The molecule has 0 amide bonds. The van der Waals surface area contributed by atoms with E-state index in [0.717, 1.165) is 37.6 Å². The highest BCUT2D eigenvalue weighted by Gasteiger charge is 2.34. The second-order valence-corrected chi connectivity index (χ2v) is 7.06. The fraction of sp³-hybridized carbons (Fsp3) is 1.00. The number of rotatable bonds is 7. The number of hydrogen-bond acceptors (Lipinski definition) is 3. The second kappa shape index (κ2) is 9.12. The van der Waals surface area contributed by atoms with Crippen LogP contribution >= 0.6 is 0 Å². The summed E-state index contributed by atoms with van der Waals surface area (Å²) in [5, 5.41) is 3.86. The maximum Gasteiger partial charge on any atom is 0.0593 e. The van der Waals surface area contributed by atoms with Gasteiger partial charge >= 0.3 is 0 Å². The van der Waals surface area contributed by atoms with Crippen LogP contribution in [0.5, 0.6) is 0 Å². The molecule has 1 aliphatic carbocycles. The third kappa shape index (κ3) is 4.94. The third-order valence-electron chi connectivity index (χ3n) is 5.74. The Labute approximate surface area is 131 Å². The van der Waals surface area contributed by atoms with Crippen LogP contribution < -0.4 is 5.32 Å². The summed E-state index contributed by atoms with van der Waals surface area (Å²) in [7, 11) is 0. The monoisotopic (exact) mass is 296 g/mol. The van der Waals surface area contributed by atoms with Gasteiger partial charge in [-0.05, 0) is 31.6 Å². The molecule has 2 fully saturated rings. The molecule has 3 heteroatoms. The van der Waals surface area contributed by atoms with E-state index in [9.17, 15) is 0 Å². The molecule has 1 heterocycles. The molecule has 0 aromatic carbocycles. The highest BCUT2D eigenvalue weighted by atomic mass is 16.5. The van der Waals surface area contributed by atoms with Gasteiger partial charge in [0, 0.05) is 38.3 Å². The molecule has 2 aliphatic rings. The zero-order chi connectivity index (χ0) is 15.1. The Morgan fingerprint density at radius 2 is 1.95 bits per heavy atom. The van der Waals surface area contributed by atoms with Gasteiger partial charge in [-0.1, -0.05) is 39.5 Å². The predicted molar refractivity (Wildman–Crippen MR) is 89.7 cm³/mol. The van der Waals surface area contributed by atoms with Gasteiger partial charge in [-0.2, -0.15) is 0 Å². The first kappa shape index (κ1) is 17.2. The van der Waals surface area contributed by atoms with E-state index in [1.54, 1.807) is 0 Å². The van der Waals surface area contributed by atoms with Gasteiger partial charge in [0.1, 0.15) is 0 Å². The van der Waals surface area contributed by atoms with Crippen molar-refractivity contribution < 1.29 is 4.74 Å². The van der Waals surface area contributed by atoms with Crippen LogP contribution in [0.3, 0.4) is 0 Å². The molecule has 0 radical (unpaired) electrons. The Morgan fingerprint density at radius 1 is 1.19 bits per heavy atom. The first-order chi connectivity index (χ1) is 10.3. The van der Waals surface area contributed by atoms with Crippen LogP contribution in [0.15, 0.2) is 0 Å². The quantitative estimate of drug-likeness (QED) is 0.730. The van der Waals surface area contributed by atoms with Gasteiger partial charge in [0.05, 0.1) is 6.61 Å². The minimum absolute atomic E-state index is 0.663. The summed E-state index contributed by atoms with van der Waals surface area (Å²) < 4.78 is 5.63. The summed E-state index contributed by atoms with van der Waals surface area (Å²) in [6.07, 6.45) is 8.47. The molecule has 3 unspecified atom stereocenters. The van der Waals surface area contributed by atoms with E-state index in [-0.39, 0.29) is 0 Å². The van der Waals surface area contributed by atoms with E-state index in [1.165, 1.54) is 51.6 Å². The van der Waals surface area contributed by atoms with Crippen molar-refractivity contribution in [1.29, 1.82) is 0 Å². The lowest BCUT2D eigenvalue weighted by atomic mass is 9.81. The standard InChI is InChI=1S/C18H36N2O/c1-4-15(3)17-14-20(11-12-21-5-2)18(13-19-17)16-9-7-6-8-10-16/h15-19H,4-14H2,1-3H3. The fourth-order valence-corrected chi connectivity index (χ4v) is 4.09. The smallest absolute Gasteiger partial charge is 0.0593 e. The molecule has 0 aromatic rings. The molecule has 0 spiro atoms. The third-order valence-corrected chi connectivity index (χ3v) is 5.74. The maximum absolute atomic E-state index is 5.63. The molecular weight excluding hydrogens is 260 g/mol. The van der Waals surface area contributed by atoms with Gasteiger partial charge in [0.2, 0.25) is 0 Å². The summed E-state index contributed by atoms with van der Waals surface area (Å²) in [6.45, 7) is 12.0. The Hall–Kier alpha value is -0.120. The highest BCUT2D eigenvalue weighted by Crippen LogP contribution is 2.30. The van der Waals surface area contributed by atoms with Gasteiger partial charge in [-0.15, -0.1) is 0 Å². The molecule has 1 saturated carbocycles. The molecule has 21 heavy (non-hydrogen) atoms. The molecule has 0 bridgehead atoms. The van der Waals surface area contributed by atoms with Crippen LogP contribution in [0, 0.1) is 11.8 Å². The molecule has 124 valence electrons. The lowest BCUT2D eigenvalue weighted by molar-refractivity contribution is 0.0306. The zero-order valence-corrected chi connectivity index (χ0v) is 14.4. The normalized spacial score (nSPS) is 30.4. The van der Waals surface area contributed by atoms with Crippen LogP contribution in [0.2, 0.25) is 0 Å². The van der Waals surface area contributed by atoms with E-state index < -0.39 is 0 Å². The van der Waals surface area contributed by atoms with E-state index in [0.29, 0.717) is 6.04 Å². The van der Waals surface area contributed by atoms with Crippen molar-refractivity contribution in [1.82, 2.24) is 10.2 Å². The zero-order valence-electron chi connectivity index (χ0n) is 14.4. The molecule has 0 aromatic heterocycles. The fourth-order valence-electron chi connectivity index (χ4n) is 4.09. The average Bonchev–Trinajstić information content (AvgIpc) is 2.55. The van der Waals surface area contributed by atoms with Crippen molar-refractivity contribution in [2.75, 3.05) is 32.8 Å². The van der Waals surface area contributed by atoms with Crippen molar-refractivity contribution in [3.63, 3.8) is 0 Å². The van der Waals surface area contributed by atoms with Gasteiger partial charge in [0.25, 0.3) is 0 Å². The van der Waals surface area contributed by atoms with Crippen LogP contribution in [-0.2, 0) is 4.74 Å². The SMILES string of the molecule is CCOCCN1CC(C(C)CC)NCC1C1CCCCC1. The molecule has 1 aliphatic heterocycles. The molecule has 1 saturated heterocycles. The maximum atomic E-state index is 5.63. The summed E-state index contributed by atoms with van der Waals surface area (Å²) in [4.78, 5) is 2.75. The number of piperazine rings is 1. The Morgan fingerprint density at radius 3 is 2.62 bits per heavy atom. The van der Waals surface area contributed by atoms with E-state index >= 15 is 0 Å². The van der Waals surface area contributed by atoms with E-state index in [4.69, 9.17) is 4.74 Å². The lowest BCUT2D eigenvalue weighted by Gasteiger charge is -2.46. The van der Waals surface area contributed by atoms with Crippen LogP contribution in [0.4, 0.5) is 0 Å². The number of ether oxygens (including phenoxy) is 1. The number of nitrogens with one attached hydrogen (secondary N) is 1. The van der Waals surface area contributed by atoms with Gasteiger partial charge < -0.3 is 10.1 Å². The van der Waals surface area contributed by atoms with Crippen molar-refractivity contribution in [3.8, 4) is 0 Å². The minimum atomic E-state index is 0.663. The van der Waals surface area contributed by atoms with Crippen molar-refractivity contribution in [2.24, 2.45) is 11.8 Å². The molecule has 3 nitrogen and oxygen atoms in total. The predicted octanol–water partition coefficient (Wildman–Crippen LogP) is 3.29. The highest BCUT2D eigenvalue weighted by molar-refractivity contribution is 4.92. The summed E-state index contributed by atoms with van der Waals surface area (Å²) in [5.74, 6) is 1.68. The van der Waals surface area contributed by atoms with E-state index in [1.807, 2.05) is 0 Å². The Balaban J connectivity index is 1.93. The first-order valence-electron chi connectivity index (χ1n) is 9.31. The first-order valence-corrected chi connectivity index (χ1v) is 9.31. The average molecular weight is 296 g/mol. The largest absolute Gasteiger partial charge is 0.380 e. The lowest BCUT2D eigenvalue weighted by Crippen LogP contribution is -2.61. The van der Waals surface area contributed by atoms with Gasteiger partial charge in [0.15, 0.2) is 0 Å². The van der Waals surface area contributed by atoms with Crippen molar-refractivity contribution in [2.45, 2.75) is 71.4 Å². The van der Waals surface area contributed by atoms with Crippen molar-refractivity contribution >= 4 is 0 Å². The van der Waals surface area contributed by atoms with Gasteiger partial charge in [-0.25, -0.2) is 0 Å². The van der Waals surface area contributed by atoms with Gasteiger partial charge in [-0.3, -0.25) is 4.90 Å². The Bertz CT molecular complexity index is 278.